The third-order valence-electron chi connectivity index (χ3n) is 4.00. The van der Waals surface area contributed by atoms with E-state index >= 15 is 0 Å². The molecule has 0 radical (unpaired) electrons. The maximum atomic E-state index is 11.6. The van der Waals surface area contributed by atoms with E-state index in [2.05, 4.69) is 16.7 Å². The van der Waals surface area contributed by atoms with Gasteiger partial charge in [0.1, 0.15) is 0 Å². The Morgan fingerprint density at radius 1 is 1.35 bits per heavy atom. The van der Waals surface area contributed by atoms with Gasteiger partial charge in [-0.15, -0.1) is 0 Å². The highest BCUT2D eigenvalue weighted by atomic mass is 32.2. The molecule has 2 N–H and O–H groups in total. The summed E-state index contributed by atoms with van der Waals surface area (Å²) in [5, 5.41) is 7.30. The van der Waals surface area contributed by atoms with Crippen molar-refractivity contribution in [2.24, 2.45) is 0 Å². The largest absolute Gasteiger partial charge is 0.480 e. The molecule has 20 heavy (non-hydrogen) atoms. The first-order chi connectivity index (χ1) is 9.34. The lowest BCUT2D eigenvalue weighted by Crippen LogP contribution is -2.39. The van der Waals surface area contributed by atoms with Crippen molar-refractivity contribution < 1.29 is 18.3 Å². The second-order valence-corrected chi connectivity index (χ2v) is 7.63. The molecule has 0 amide bonds. The van der Waals surface area contributed by atoms with E-state index in [1.54, 1.807) is 0 Å². The highest BCUT2D eigenvalue weighted by molar-refractivity contribution is 7.90. The van der Waals surface area contributed by atoms with Crippen LogP contribution in [0, 0.1) is 0 Å². The lowest BCUT2D eigenvalue weighted by molar-refractivity contribution is -0.136. The number of carboxylic acids is 1. The van der Waals surface area contributed by atoms with Crippen LogP contribution in [0.5, 0.6) is 0 Å². The van der Waals surface area contributed by atoms with E-state index in [-0.39, 0.29) is 6.54 Å². The maximum Gasteiger partial charge on any atom is 0.323 e. The zero-order valence-electron chi connectivity index (χ0n) is 12.3. The van der Waals surface area contributed by atoms with Gasteiger partial charge >= 0.3 is 5.97 Å². The molecule has 6 nitrogen and oxygen atoms in total. The first-order valence-corrected chi connectivity index (χ1v) is 8.80. The normalized spacial score (nSPS) is 19.1. The summed E-state index contributed by atoms with van der Waals surface area (Å²) in [5.74, 6) is -1.32. The number of sulfonamides is 1. The molecule has 1 unspecified atom stereocenters. The van der Waals surface area contributed by atoms with Gasteiger partial charge in [-0.2, -0.15) is 0 Å². The summed E-state index contributed by atoms with van der Waals surface area (Å²) in [4.78, 5) is 13.0. The molecule has 0 aromatic rings. The van der Waals surface area contributed by atoms with Crippen molar-refractivity contribution in [2.75, 3.05) is 20.1 Å². The molecule has 0 aliphatic heterocycles. The minimum atomic E-state index is -3.75. The first-order valence-electron chi connectivity index (χ1n) is 7.26. The smallest absolute Gasteiger partial charge is 0.323 e. The Morgan fingerprint density at radius 2 is 1.95 bits per heavy atom. The van der Waals surface area contributed by atoms with Crippen LogP contribution in [-0.4, -0.2) is 55.8 Å². The summed E-state index contributed by atoms with van der Waals surface area (Å²) >= 11 is 0. The molecule has 0 aromatic carbocycles. The molecule has 0 aromatic heterocycles. The molecule has 1 atom stereocenters. The molecule has 1 fully saturated rings. The van der Waals surface area contributed by atoms with Gasteiger partial charge in [-0.1, -0.05) is 19.3 Å². The Bertz CT molecular complexity index is 405. The Kier molecular flexibility index (Phi) is 6.91. The summed E-state index contributed by atoms with van der Waals surface area (Å²) in [6.45, 7) is 2.30. The fourth-order valence-electron chi connectivity index (χ4n) is 2.50. The lowest BCUT2D eigenvalue weighted by atomic mass is 9.94. The van der Waals surface area contributed by atoms with Crippen molar-refractivity contribution in [3.8, 4) is 0 Å². The molecule has 0 spiro atoms. The standard InChI is InChI=1S/C13H26N2O4S/c1-11(13(16)17)20(18,19)14-9-6-10-15(2)12-7-4-3-5-8-12/h11-12,14H,3-10H2,1-2H3,(H,16,17). The minimum absolute atomic E-state index is 0.289. The van der Waals surface area contributed by atoms with Crippen LogP contribution in [-0.2, 0) is 14.8 Å². The fraction of sp³-hybridized carbons (Fsp3) is 0.923. The van der Waals surface area contributed by atoms with Crippen molar-refractivity contribution >= 4 is 16.0 Å². The number of nitrogens with one attached hydrogen (secondary N) is 1. The second kappa shape index (κ2) is 7.95. The topological polar surface area (TPSA) is 86.7 Å². The number of hydrogen-bond acceptors (Lipinski definition) is 4. The van der Waals surface area contributed by atoms with Gasteiger partial charge in [0, 0.05) is 12.6 Å². The van der Waals surface area contributed by atoms with E-state index in [1.165, 1.54) is 39.0 Å². The van der Waals surface area contributed by atoms with Gasteiger partial charge in [0.25, 0.3) is 0 Å². The van der Waals surface area contributed by atoms with E-state index in [0.29, 0.717) is 12.5 Å². The van der Waals surface area contributed by atoms with Crippen LogP contribution < -0.4 is 4.72 Å². The zero-order valence-corrected chi connectivity index (χ0v) is 13.2. The highest BCUT2D eigenvalue weighted by Crippen LogP contribution is 2.21. The monoisotopic (exact) mass is 306 g/mol. The van der Waals surface area contributed by atoms with Crippen LogP contribution in [0.4, 0.5) is 0 Å². The second-order valence-electron chi connectivity index (χ2n) is 5.55. The quantitative estimate of drug-likeness (QED) is 0.654. The van der Waals surface area contributed by atoms with E-state index < -0.39 is 21.2 Å². The molecule has 1 aliphatic rings. The van der Waals surface area contributed by atoms with E-state index in [9.17, 15) is 13.2 Å². The van der Waals surface area contributed by atoms with Gasteiger partial charge in [-0.05, 0) is 39.8 Å². The zero-order chi connectivity index (χ0) is 15.2. The summed E-state index contributed by atoms with van der Waals surface area (Å²) in [7, 11) is -1.68. The highest BCUT2D eigenvalue weighted by Gasteiger charge is 2.26. The number of nitrogens with zero attached hydrogens (tertiary/aromatic N) is 1. The Labute approximate surface area is 121 Å². The third kappa shape index (κ3) is 5.38. The van der Waals surface area contributed by atoms with Crippen LogP contribution in [0.2, 0.25) is 0 Å². The molecular formula is C13H26N2O4S. The van der Waals surface area contributed by atoms with E-state index in [0.717, 1.165) is 6.54 Å². The number of carbonyl (C=O) groups is 1. The van der Waals surface area contributed by atoms with Crippen molar-refractivity contribution in [2.45, 2.75) is 56.7 Å². The summed E-state index contributed by atoms with van der Waals surface area (Å²) in [6.07, 6.45) is 7.00. The lowest BCUT2D eigenvalue weighted by Gasteiger charge is -2.31. The van der Waals surface area contributed by atoms with Crippen molar-refractivity contribution in [1.29, 1.82) is 0 Å². The van der Waals surface area contributed by atoms with Crippen molar-refractivity contribution in [3.63, 3.8) is 0 Å². The Hall–Kier alpha value is -0.660. The molecule has 0 heterocycles. The number of carboxylic acid groups (broad SMARTS) is 1. The molecule has 1 aliphatic carbocycles. The summed E-state index contributed by atoms with van der Waals surface area (Å²) < 4.78 is 25.6. The molecule has 1 saturated carbocycles. The SMILES string of the molecule is CC(C(=O)O)S(=O)(=O)NCCCN(C)C1CCCCC1. The van der Waals surface area contributed by atoms with Crippen LogP contribution in [0.1, 0.15) is 45.4 Å². The van der Waals surface area contributed by atoms with Crippen LogP contribution in [0.15, 0.2) is 0 Å². The Morgan fingerprint density at radius 3 is 2.50 bits per heavy atom. The average molecular weight is 306 g/mol. The van der Waals surface area contributed by atoms with Gasteiger partial charge < -0.3 is 10.0 Å². The van der Waals surface area contributed by atoms with Crippen molar-refractivity contribution in [1.82, 2.24) is 9.62 Å². The number of aliphatic carboxylic acids is 1. The number of hydrogen-bond donors (Lipinski definition) is 2. The maximum absolute atomic E-state index is 11.6. The van der Waals surface area contributed by atoms with E-state index in [4.69, 9.17) is 5.11 Å². The average Bonchev–Trinajstić information content (AvgIpc) is 2.43. The minimum Gasteiger partial charge on any atom is -0.480 e. The third-order valence-corrected chi connectivity index (χ3v) is 5.74. The van der Waals surface area contributed by atoms with E-state index in [1.807, 2.05) is 0 Å². The summed E-state index contributed by atoms with van der Waals surface area (Å²) in [6, 6.07) is 0.610. The molecule has 7 heteroatoms. The van der Waals surface area contributed by atoms with Crippen LogP contribution >= 0.6 is 0 Å². The van der Waals surface area contributed by atoms with Gasteiger partial charge in [-0.3, -0.25) is 4.79 Å². The number of rotatable bonds is 8. The summed E-state index contributed by atoms with van der Waals surface area (Å²) in [5.41, 5.74) is 0. The van der Waals surface area contributed by atoms with Gasteiger partial charge in [0.05, 0.1) is 0 Å². The molecule has 1 rings (SSSR count). The predicted octanol–water partition coefficient (Wildman–Crippen LogP) is 1.03. The molecule has 0 bridgehead atoms. The first kappa shape index (κ1) is 17.4. The van der Waals surface area contributed by atoms with Crippen LogP contribution in [0.3, 0.4) is 0 Å². The fourth-order valence-corrected chi connectivity index (χ4v) is 3.45. The predicted molar refractivity (Wildman–Crippen MR) is 78.1 cm³/mol. The van der Waals surface area contributed by atoms with Crippen LogP contribution in [0.25, 0.3) is 0 Å². The molecule has 0 saturated heterocycles. The molecular weight excluding hydrogens is 280 g/mol. The van der Waals surface area contributed by atoms with Crippen molar-refractivity contribution in [3.05, 3.63) is 0 Å². The Balaban J connectivity index is 2.25. The van der Waals surface area contributed by atoms with Gasteiger partial charge in [0.15, 0.2) is 5.25 Å². The van der Waals surface area contributed by atoms with Gasteiger partial charge in [0.2, 0.25) is 10.0 Å². The van der Waals surface area contributed by atoms with Gasteiger partial charge in [-0.25, -0.2) is 13.1 Å². The molecule has 118 valence electrons.